The first-order chi connectivity index (χ1) is 8.24. The summed E-state index contributed by atoms with van der Waals surface area (Å²) in [5.41, 5.74) is 0.641. The van der Waals surface area contributed by atoms with Gasteiger partial charge in [-0.3, -0.25) is 14.3 Å². The van der Waals surface area contributed by atoms with Gasteiger partial charge in [-0.1, -0.05) is 5.92 Å². The van der Waals surface area contributed by atoms with Crippen molar-refractivity contribution in [3.8, 4) is 12.3 Å². The molecule has 7 heteroatoms. The number of nitrogens with one attached hydrogen (secondary N) is 2. The van der Waals surface area contributed by atoms with E-state index in [-0.39, 0.29) is 12.2 Å². The third-order valence-electron chi connectivity index (χ3n) is 2.21. The van der Waals surface area contributed by atoms with E-state index < -0.39 is 0 Å². The maximum atomic E-state index is 11.5. The van der Waals surface area contributed by atoms with Crippen LogP contribution in [0.15, 0.2) is 11.1 Å². The number of terminal acetylenes is 1. The van der Waals surface area contributed by atoms with Crippen LogP contribution in [-0.4, -0.2) is 32.7 Å². The topological polar surface area (TPSA) is 75.7 Å². The highest BCUT2D eigenvalue weighted by Crippen LogP contribution is 2.03. The molecule has 0 fully saturated rings. The number of rotatable bonds is 4. The van der Waals surface area contributed by atoms with Gasteiger partial charge in [-0.15, -0.1) is 6.42 Å². The third-order valence-corrected chi connectivity index (χ3v) is 2.53. The summed E-state index contributed by atoms with van der Waals surface area (Å²) in [5, 5.41) is 0. The zero-order valence-corrected chi connectivity index (χ0v) is 9.71. The fourth-order valence-electron chi connectivity index (χ4n) is 1.48. The Hall–Kier alpha value is -1.91. The molecule has 0 saturated carbocycles. The Labute approximate surface area is 102 Å². The Morgan fingerprint density at radius 2 is 2.47 bits per heavy atom. The van der Waals surface area contributed by atoms with Gasteiger partial charge < -0.3 is 9.72 Å². The van der Waals surface area contributed by atoms with Crippen molar-refractivity contribution in [1.29, 1.82) is 0 Å². The second-order valence-corrected chi connectivity index (χ2v) is 3.66. The predicted octanol–water partition coefficient (Wildman–Crippen LogP) is 0.432. The summed E-state index contributed by atoms with van der Waals surface area (Å²) in [5.74, 6) is 2.37. The molecule has 2 aromatic heterocycles. The molecule has 0 unspecified atom stereocenters. The van der Waals surface area contributed by atoms with Crippen molar-refractivity contribution in [2.24, 2.45) is 0 Å². The molecule has 0 aliphatic heterocycles. The zero-order valence-electron chi connectivity index (χ0n) is 8.90. The summed E-state index contributed by atoms with van der Waals surface area (Å²) in [6.07, 6.45) is 6.52. The number of imidazole rings is 1. The standard InChI is InChI=1S/C10H10N4O2S/c1-2-4-16-5-3-14-8-7(11-6-12-8)9(15)13-10(14)17/h1,6H,3-5H2,(H,11,12)(H,13,15,17). The molecule has 0 aliphatic rings. The van der Waals surface area contributed by atoms with E-state index in [0.717, 1.165) is 0 Å². The fourth-order valence-corrected chi connectivity index (χ4v) is 1.75. The normalized spacial score (nSPS) is 10.5. The van der Waals surface area contributed by atoms with Crippen LogP contribution in [0.5, 0.6) is 0 Å². The smallest absolute Gasteiger partial charge is 0.277 e. The zero-order chi connectivity index (χ0) is 12.3. The van der Waals surface area contributed by atoms with Crippen molar-refractivity contribution in [3.63, 3.8) is 0 Å². The number of aromatic amines is 2. The van der Waals surface area contributed by atoms with Crippen LogP contribution in [0.2, 0.25) is 0 Å². The van der Waals surface area contributed by atoms with Gasteiger partial charge in [-0.25, -0.2) is 4.98 Å². The van der Waals surface area contributed by atoms with E-state index >= 15 is 0 Å². The summed E-state index contributed by atoms with van der Waals surface area (Å²) in [7, 11) is 0. The number of aromatic nitrogens is 4. The number of hydrogen-bond acceptors (Lipinski definition) is 4. The minimum absolute atomic E-state index is 0.250. The van der Waals surface area contributed by atoms with Gasteiger partial charge in [0.1, 0.15) is 12.1 Å². The number of fused-ring (bicyclic) bond motifs is 1. The van der Waals surface area contributed by atoms with Crippen molar-refractivity contribution in [2.75, 3.05) is 13.2 Å². The van der Waals surface area contributed by atoms with Gasteiger partial charge in [0.15, 0.2) is 10.4 Å². The molecule has 2 aromatic rings. The van der Waals surface area contributed by atoms with E-state index in [1.165, 1.54) is 6.33 Å². The van der Waals surface area contributed by atoms with Gasteiger partial charge in [-0.2, -0.15) is 0 Å². The lowest BCUT2D eigenvalue weighted by Crippen LogP contribution is -2.16. The molecule has 17 heavy (non-hydrogen) atoms. The SMILES string of the molecule is C#CCOCCn1c(=S)[nH]c(=O)c2[nH]cnc21. The Kier molecular flexibility index (Phi) is 3.37. The minimum atomic E-state index is -0.275. The monoisotopic (exact) mass is 250 g/mol. The third kappa shape index (κ3) is 2.27. The molecule has 0 spiro atoms. The fraction of sp³-hybridized carbons (Fsp3) is 0.300. The van der Waals surface area contributed by atoms with Crippen molar-refractivity contribution in [3.05, 3.63) is 21.5 Å². The van der Waals surface area contributed by atoms with Crippen LogP contribution in [0.3, 0.4) is 0 Å². The van der Waals surface area contributed by atoms with E-state index in [0.29, 0.717) is 29.1 Å². The Balaban J connectivity index is 2.34. The van der Waals surface area contributed by atoms with Crippen molar-refractivity contribution < 1.29 is 4.74 Å². The molecule has 6 nitrogen and oxygen atoms in total. The molecule has 2 heterocycles. The van der Waals surface area contributed by atoms with Gasteiger partial charge >= 0.3 is 0 Å². The van der Waals surface area contributed by atoms with Gasteiger partial charge in [0, 0.05) is 0 Å². The van der Waals surface area contributed by atoms with Gasteiger partial charge in [-0.05, 0) is 12.2 Å². The van der Waals surface area contributed by atoms with E-state index in [2.05, 4.69) is 20.9 Å². The van der Waals surface area contributed by atoms with Gasteiger partial charge in [0.25, 0.3) is 5.56 Å². The van der Waals surface area contributed by atoms with Gasteiger partial charge in [0.2, 0.25) is 0 Å². The Morgan fingerprint density at radius 1 is 1.65 bits per heavy atom. The molecule has 2 N–H and O–H groups in total. The van der Waals surface area contributed by atoms with Gasteiger partial charge in [0.05, 0.1) is 19.5 Å². The van der Waals surface area contributed by atoms with Crippen LogP contribution >= 0.6 is 12.2 Å². The largest absolute Gasteiger partial charge is 0.367 e. The first-order valence-electron chi connectivity index (χ1n) is 4.91. The molecule has 0 radical (unpaired) electrons. The highest BCUT2D eigenvalue weighted by molar-refractivity contribution is 7.71. The Morgan fingerprint density at radius 3 is 3.24 bits per heavy atom. The molecule has 0 aliphatic carbocycles. The summed E-state index contributed by atoms with van der Waals surface area (Å²) in [6.45, 7) is 1.14. The number of hydrogen-bond donors (Lipinski definition) is 2. The van der Waals surface area contributed by atoms with Crippen molar-refractivity contribution >= 4 is 23.4 Å². The second-order valence-electron chi connectivity index (χ2n) is 3.27. The van der Waals surface area contributed by atoms with Crippen LogP contribution in [-0.2, 0) is 11.3 Å². The van der Waals surface area contributed by atoms with Crippen LogP contribution in [0.25, 0.3) is 11.2 Å². The quantitative estimate of drug-likeness (QED) is 0.469. The molecule has 88 valence electrons. The first-order valence-corrected chi connectivity index (χ1v) is 5.32. The lowest BCUT2D eigenvalue weighted by molar-refractivity contribution is 0.158. The van der Waals surface area contributed by atoms with E-state index in [4.69, 9.17) is 23.4 Å². The molecule has 2 rings (SSSR count). The number of nitrogens with zero attached hydrogens (tertiary/aromatic N) is 2. The van der Waals surface area contributed by atoms with Crippen LogP contribution < -0.4 is 5.56 Å². The first kappa shape index (κ1) is 11.6. The predicted molar refractivity (Wildman–Crippen MR) is 65.2 cm³/mol. The van der Waals surface area contributed by atoms with E-state index in [9.17, 15) is 4.79 Å². The highest BCUT2D eigenvalue weighted by Gasteiger charge is 2.07. The van der Waals surface area contributed by atoms with Crippen LogP contribution in [0.1, 0.15) is 0 Å². The summed E-state index contributed by atoms with van der Waals surface area (Å²) < 4.78 is 7.18. The summed E-state index contributed by atoms with van der Waals surface area (Å²) in [4.78, 5) is 20.9. The molecule has 0 saturated heterocycles. The van der Waals surface area contributed by atoms with Crippen molar-refractivity contribution in [2.45, 2.75) is 6.54 Å². The maximum absolute atomic E-state index is 11.5. The summed E-state index contributed by atoms with van der Waals surface area (Å²) in [6, 6.07) is 0. The second kappa shape index (κ2) is 4.95. The molecular weight excluding hydrogens is 240 g/mol. The molecule has 0 aromatic carbocycles. The lowest BCUT2D eigenvalue weighted by Gasteiger charge is -2.06. The highest BCUT2D eigenvalue weighted by atomic mass is 32.1. The maximum Gasteiger partial charge on any atom is 0.277 e. The van der Waals surface area contributed by atoms with E-state index in [1.807, 2.05) is 0 Å². The minimum Gasteiger partial charge on any atom is -0.367 e. The number of H-pyrrole nitrogens is 2. The Bertz CT molecular complexity index is 676. The van der Waals surface area contributed by atoms with Crippen LogP contribution in [0, 0.1) is 17.1 Å². The average molecular weight is 250 g/mol. The number of ether oxygens (including phenoxy) is 1. The molecule has 0 bridgehead atoms. The lowest BCUT2D eigenvalue weighted by atomic mass is 10.5. The molecule has 0 atom stereocenters. The van der Waals surface area contributed by atoms with Crippen molar-refractivity contribution in [1.82, 2.24) is 19.5 Å². The van der Waals surface area contributed by atoms with E-state index in [1.54, 1.807) is 4.57 Å². The molecule has 0 amide bonds. The average Bonchev–Trinajstić information content (AvgIpc) is 2.77. The molecular formula is C10H10N4O2S. The van der Waals surface area contributed by atoms with Crippen LogP contribution in [0.4, 0.5) is 0 Å². The summed E-state index contributed by atoms with van der Waals surface area (Å²) >= 11 is 5.07.